The Morgan fingerprint density at radius 2 is 1.61 bits per heavy atom. The molecule has 0 aliphatic carbocycles. The highest BCUT2D eigenvalue weighted by Gasteiger charge is 2.18. The second-order valence-corrected chi connectivity index (χ2v) is 8.91. The number of rotatable bonds is 10. The van der Waals surface area contributed by atoms with E-state index in [4.69, 9.17) is 0 Å². The number of thioether (sulfide) groups is 1. The second-order valence-electron chi connectivity index (χ2n) is 7.92. The molecule has 1 heterocycles. The van der Waals surface area contributed by atoms with Crippen molar-refractivity contribution in [2.24, 2.45) is 4.99 Å². The topological polar surface area (TPSA) is 42.9 Å². The normalized spacial score (nSPS) is 15.2. The summed E-state index contributed by atoms with van der Waals surface area (Å²) in [5, 5.41) is 6.92. The Labute approximate surface area is 192 Å². The maximum absolute atomic E-state index is 4.38. The minimum absolute atomic E-state index is 0.796. The first-order chi connectivity index (χ1) is 15.3. The first-order valence-corrected chi connectivity index (χ1v) is 12.7. The van der Waals surface area contributed by atoms with Crippen LogP contribution in [0.25, 0.3) is 0 Å². The van der Waals surface area contributed by atoms with Gasteiger partial charge < -0.3 is 15.5 Å². The molecule has 2 N–H and O–H groups in total. The minimum atomic E-state index is 0.796. The van der Waals surface area contributed by atoms with Gasteiger partial charge in [0.05, 0.1) is 0 Å². The van der Waals surface area contributed by atoms with Crippen LogP contribution in [0, 0.1) is 0 Å². The third-order valence-electron chi connectivity index (χ3n) is 5.74. The number of nitrogens with zero attached hydrogens (tertiary/aromatic N) is 3. The Balaban J connectivity index is 1.47. The highest BCUT2D eigenvalue weighted by atomic mass is 32.2. The van der Waals surface area contributed by atoms with E-state index in [0.717, 1.165) is 51.8 Å². The maximum atomic E-state index is 4.38. The first-order valence-electron chi connectivity index (χ1n) is 11.3. The summed E-state index contributed by atoms with van der Waals surface area (Å²) < 4.78 is 0. The number of piperazine rings is 1. The molecule has 0 spiro atoms. The van der Waals surface area contributed by atoms with Gasteiger partial charge in [-0.15, -0.1) is 0 Å². The molecule has 1 fully saturated rings. The number of unbranched alkanes of at least 4 members (excludes halogenated alkanes) is 1. The van der Waals surface area contributed by atoms with Crippen LogP contribution in [-0.4, -0.2) is 62.6 Å². The van der Waals surface area contributed by atoms with E-state index in [1.807, 2.05) is 18.8 Å². The number of benzene rings is 2. The van der Waals surface area contributed by atoms with Crippen LogP contribution in [0.4, 0.5) is 5.69 Å². The van der Waals surface area contributed by atoms with Crippen molar-refractivity contribution in [1.82, 2.24) is 15.5 Å². The van der Waals surface area contributed by atoms with Gasteiger partial charge in [-0.3, -0.25) is 9.89 Å². The average Bonchev–Trinajstić information content (AvgIpc) is 2.83. The lowest BCUT2D eigenvalue weighted by Gasteiger charge is -2.36. The van der Waals surface area contributed by atoms with E-state index in [-0.39, 0.29) is 0 Å². The predicted octanol–water partition coefficient (Wildman–Crippen LogP) is 3.82. The highest BCUT2D eigenvalue weighted by Crippen LogP contribution is 2.18. The summed E-state index contributed by atoms with van der Waals surface area (Å²) in [5.74, 6) is 2.11. The summed E-state index contributed by atoms with van der Waals surface area (Å²) in [7, 11) is 1.84. The lowest BCUT2D eigenvalue weighted by atomic mass is 10.1. The fourth-order valence-electron chi connectivity index (χ4n) is 3.91. The smallest absolute Gasteiger partial charge is 0.191 e. The third kappa shape index (κ3) is 7.78. The van der Waals surface area contributed by atoms with Crippen LogP contribution in [0.15, 0.2) is 59.6 Å². The van der Waals surface area contributed by atoms with Gasteiger partial charge in [0.1, 0.15) is 0 Å². The van der Waals surface area contributed by atoms with Crippen molar-refractivity contribution in [3.63, 3.8) is 0 Å². The van der Waals surface area contributed by atoms with Crippen LogP contribution in [-0.2, 0) is 13.1 Å². The van der Waals surface area contributed by atoms with Crippen LogP contribution in [0.2, 0.25) is 0 Å². The molecule has 0 amide bonds. The van der Waals surface area contributed by atoms with Gasteiger partial charge in [0.15, 0.2) is 5.96 Å². The SMILES string of the molecule is CN=C(NCCCCSC)NCc1ccccc1CN1CCN(c2ccccc2)CC1. The predicted molar refractivity (Wildman–Crippen MR) is 136 cm³/mol. The molecule has 168 valence electrons. The fraction of sp³-hybridized carbons (Fsp3) is 0.480. The maximum Gasteiger partial charge on any atom is 0.191 e. The van der Waals surface area contributed by atoms with Gasteiger partial charge in [-0.2, -0.15) is 11.8 Å². The molecule has 0 bridgehead atoms. The summed E-state index contributed by atoms with van der Waals surface area (Å²) in [5.41, 5.74) is 4.08. The summed E-state index contributed by atoms with van der Waals surface area (Å²) in [6.45, 7) is 7.11. The molecule has 2 aromatic rings. The molecule has 6 heteroatoms. The zero-order chi connectivity index (χ0) is 21.7. The fourth-order valence-corrected chi connectivity index (χ4v) is 4.40. The molecule has 1 aliphatic rings. The van der Waals surface area contributed by atoms with Gasteiger partial charge >= 0.3 is 0 Å². The van der Waals surface area contributed by atoms with E-state index >= 15 is 0 Å². The molecular formula is C25H37N5S. The Morgan fingerprint density at radius 1 is 0.903 bits per heavy atom. The van der Waals surface area contributed by atoms with Crippen LogP contribution < -0.4 is 15.5 Å². The van der Waals surface area contributed by atoms with Crippen molar-refractivity contribution in [3.05, 3.63) is 65.7 Å². The van der Waals surface area contributed by atoms with Gasteiger partial charge in [-0.1, -0.05) is 42.5 Å². The Morgan fingerprint density at radius 3 is 2.32 bits per heavy atom. The van der Waals surface area contributed by atoms with Crippen LogP contribution in [0.1, 0.15) is 24.0 Å². The van der Waals surface area contributed by atoms with Gasteiger partial charge in [0.25, 0.3) is 0 Å². The average molecular weight is 440 g/mol. The summed E-state index contributed by atoms with van der Waals surface area (Å²) in [6, 6.07) is 19.5. The molecule has 5 nitrogen and oxygen atoms in total. The van der Waals surface area contributed by atoms with Crippen molar-refractivity contribution in [2.45, 2.75) is 25.9 Å². The Bertz CT molecular complexity index is 788. The number of nitrogens with one attached hydrogen (secondary N) is 2. The molecule has 1 aliphatic heterocycles. The molecular weight excluding hydrogens is 402 g/mol. The molecule has 0 radical (unpaired) electrons. The number of anilines is 1. The molecule has 31 heavy (non-hydrogen) atoms. The quantitative estimate of drug-likeness (QED) is 0.335. The zero-order valence-electron chi connectivity index (χ0n) is 19.0. The standard InChI is InChI=1S/C25H37N5S/c1-26-25(27-14-8-9-19-31-2)28-20-22-10-6-7-11-23(22)21-29-15-17-30(18-16-29)24-12-4-3-5-13-24/h3-7,10-13H,8-9,14-21H2,1-2H3,(H2,26,27,28). The Kier molecular flexibility index (Phi) is 10.1. The van der Waals surface area contributed by atoms with Crippen LogP contribution in [0.5, 0.6) is 0 Å². The van der Waals surface area contributed by atoms with Gasteiger partial charge in [0, 0.05) is 58.5 Å². The zero-order valence-corrected chi connectivity index (χ0v) is 19.8. The summed E-state index contributed by atoms with van der Waals surface area (Å²) in [4.78, 5) is 9.43. The van der Waals surface area contributed by atoms with E-state index in [1.165, 1.54) is 35.4 Å². The molecule has 2 aromatic carbocycles. The number of guanidine groups is 1. The lowest BCUT2D eigenvalue weighted by molar-refractivity contribution is 0.249. The molecule has 1 saturated heterocycles. The van der Waals surface area contributed by atoms with Gasteiger partial charge in [0.2, 0.25) is 0 Å². The van der Waals surface area contributed by atoms with Gasteiger partial charge in [-0.05, 0) is 48.1 Å². The van der Waals surface area contributed by atoms with E-state index in [2.05, 4.69) is 86.3 Å². The van der Waals surface area contributed by atoms with Gasteiger partial charge in [-0.25, -0.2) is 0 Å². The number of hydrogen-bond acceptors (Lipinski definition) is 4. The first kappa shape index (κ1) is 23.5. The Hall–Kier alpha value is -2.18. The van der Waals surface area contributed by atoms with Crippen LogP contribution in [0.3, 0.4) is 0 Å². The number of hydrogen-bond donors (Lipinski definition) is 2. The van der Waals surface area contributed by atoms with Crippen molar-refractivity contribution in [1.29, 1.82) is 0 Å². The third-order valence-corrected chi connectivity index (χ3v) is 6.44. The van der Waals surface area contributed by atoms with Crippen molar-refractivity contribution >= 4 is 23.4 Å². The van der Waals surface area contributed by atoms with E-state index < -0.39 is 0 Å². The highest BCUT2D eigenvalue weighted by molar-refractivity contribution is 7.98. The van der Waals surface area contributed by atoms with Crippen molar-refractivity contribution in [3.8, 4) is 0 Å². The molecule has 0 aromatic heterocycles. The lowest BCUT2D eigenvalue weighted by Crippen LogP contribution is -2.46. The minimum Gasteiger partial charge on any atom is -0.369 e. The van der Waals surface area contributed by atoms with E-state index in [1.54, 1.807) is 0 Å². The van der Waals surface area contributed by atoms with Crippen LogP contribution >= 0.6 is 11.8 Å². The second kappa shape index (κ2) is 13.3. The van der Waals surface area contributed by atoms with Crippen molar-refractivity contribution in [2.75, 3.05) is 56.7 Å². The molecule has 0 unspecified atom stereocenters. The summed E-state index contributed by atoms with van der Waals surface area (Å²) >= 11 is 1.91. The molecule has 0 saturated carbocycles. The summed E-state index contributed by atoms with van der Waals surface area (Å²) in [6.07, 6.45) is 4.58. The number of aliphatic imine (C=N–C) groups is 1. The van der Waals surface area contributed by atoms with E-state index in [0.29, 0.717) is 0 Å². The largest absolute Gasteiger partial charge is 0.369 e. The molecule has 3 rings (SSSR count). The van der Waals surface area contributed by atoms with E-state index in [9.17, 15) is 0 Å². The van der Waals surface area contributed by atoms with Crippen molar-refractivity contribution < 1.29 is 0 Å². The monoisotopic (exact) mass is 439 g/mol. The molecule has 0 atom stereocenters. The number of para-hydroxylation sites is 1.